The molecule has 43 heavy (non-hydrogen) atoms. The van der Waals surface area contributed by atoms with Gasteiger partial charge in [-0.3, -0.25) is 14.4 Å². The van der Waals surface area contributed by atoms with Gasteiger partial charge in [0, 0.05) is 18.4 Å². The molecule has 1 amide bonds. The molecule has 5 aliphatic carbocycles. The Hall–Kier alpha value is -1.69. The summed E-state index contributed by atoms with van der Waals surface area (Å²) >= 11 is 0. The Labute approximate surface area is 261 Å². The molecule has 0 spiro atoms. The average Bonchev–Trinajstić information content (AvgIpc) is 2.94. The van der Waals surface area contributed by atoms with Gasteiger partial charge >= 0.3 is 5.97 Å². The lowest BCUT2D eigenvalue weighted by Gasteiger charge is -2.70. The second-order valence-electron chi connectivity index (χ2n) is 17.4. The largest absolute Gasteiger partial charge is 0.468 e. The zero-order valence-corrected chi connectivity index (χ0v) is 28.5. The van der Waals surface area contributed by atoms with Crippen LogP contribution in [-0.2, 0) is 19.1 Å². The van der Waals surface area contributed by atoms with Crippen LogP contribution in [-0.4, -0.2) is 37.4 Å². The van der Waals surface area contributed by atoms with Crippen LogP contribution >= 0.6 is 0 Å². The highest BCUT2D eigenvalue weighted by molar-refractivity contribution is 5.86. The lowest BCUT2D eigenvalue weighted by molar-refractivity contribution is -0.186. The van der Waals surface area contributed by atoms with E-state index in [9.17, 15) is 14.4 Å². The van der Waals surface area contributed by atoms with Gasteiger partial charge in [0.25, 0.3) is 0 Å². The number of hydrogen-bond donors (Lipinski definition) is 2. The van der Waals surface area contributed by atoms with Gasteiger partial charge in [-0.1, -0.05) is 60.1 Å². The third-order valence-corrected chi connectivity index (χ3v) is 14.6. The van der Waals surface area contributed by atoms with Crippen LogP contribution in [0, 0.1) is 50.2 Å². The second kappa shape index (κ2) is 11.0. The number of esters is 1. The first-order chi connectivity index (χ1) is 20.0. The number of unbranched alkanes of at least 4 members (excludes halogenated alkanes) is 1. The van der Waals surface area contributed by atoms with Gasteiger partial charge in [0.1, 0.15) is 11.8 Å². The molecular weight excluding hydrogens is 536 g/mol. The summed E-state index contributed by atoms with van der Waals surface area (Å²) < 4.78 is 4.75. The smallest absolute Gasteiger partial charge is 0.322 e. The molecular formula is C37H60N2O4. The molecule has 4 saturated carbocycles. The highest BCUT2D eigenvalue weighted by atomic mass is 16.5. The zero-order chi connectivity index (χ0) is 31.6. The van der Waals surface area contributed by atoms with Crippen LogP contribution in [0.2, 0.25) is 0 Å². The minimum atomic E-state index is -0.596. The SMILES string of the molecule is COC(=O)[C@@H](N)CCCCNC(=O)[C@]12CCC(C)(C)C[C@H]1C1=CC[C@@H]3[C@@]4(C)CCC(=O)C(C)(C)[C@@H]4CC[C@@]3(C)[C@]1(C)CC2. The first-order valence-corrected chi connectivity index (χ1v) is 17.3. The molecule has 5 aliphatic rings. The molecule has 0 radical (unpaired) electrons. The third-order valence-electron chi connectivity index (χ3n) is 14.6. The maximum atomic E-state index is 14.2. The van der Waals surface area contributed by atoms with E-state index in [0.717, 1.165) is 64.2 Å². The van der Waals surface area contributed by atoms with E-state index in [4.69, 9.17) is 10.5 Å². The molecule has 6 nitrogen and oxygen atoms in total. The van der Waals surface area contributed by atoms with Crippen LogP contribution in [0.5, 0.6) is 0 Å². The van der Waals surface area contributed by atoms with Gasteiger partial charge in [-0.15, -0.1) is 0 Å². The van der Waals surface area contributed by atoms with Crippen molar-refractivity contribution in [2.75, 3.05) is 13.7 Å². The lowest BCUT2D eigenvalue weighted by Crippen LogP contribution is -2.65. The van der Waals surface area contributed by atoms with Gasteiger partial charge in [-0.25, -0.2) is 0 Å². The molecule has 0 aromatic heterocycles. The standard InChI is InChI=1S/C37H60N2O4/c1-32(2)18-20-37(31(42)39-22-10-9-11-26(38)30(41)43-8)21-19-35(6)24(25(37)23-32)12-13-28-34(5)16-15-29(40)33(3,4)27(34)14-17-36(28,35)7/h12,25-28H,9-11,13-23,38H2,1-8H3,(H,39,42)/t25-,26-,27-,28+,34-,35+,36+,37-/m0/s1. The number of ether oxygens (including phenoxy) is 1. The predicted molar refractivity (Wildman–Crippen MR) is 171 cm³/mol. The maximum Gasteiger partial charge on any atom is 0.322 e. The molecule has 8 atom stereocenters. The summed E-state index contributed by atoms with van der Waals surface area (Å²) in [4.78, 5) is 38.9. The Bertz CT molecular complexity index is 1170. The summed E-state index contributed by atoms with van der Waals surface area (Å²) in [6.07, 6.45) is 15.0. The number of fused-ring (bicyclic) bond motifs is 7. The number of allylic oxidation sites excluding steroid dienone is 2. The normalized spacial score (nSPS) is 41.8. The Balaban J connectivity index is 1.40. The number of Topliss-reactive ketones (excluding diaryl/α,β-unsaturated/α-hetero) is 1. The van der Waals surface area contributed by atoms with Gasteiger partial charge in [0.15, 0.2) is 0 Å². The third kappa shape index (κ3) is 4.95. The topological polar surface area (TPSA) is 98.5 Å². The number of methoxy groups -OCH3 is 1. The van der Waals surface area contributed by atoms with E-state index in [1.165, 1.54) is 13.5 Å². The van der Waals surface area contributed by atoms with E-state index in [1.807, 2.05) is 0 Å². The first-order valence-electron chi connectivity index (χ1n) is 17.3. The molecule has 0 heterocycles. The monoisotopic (exact) mass is 596 g/mol. The van der Waals surface area contributed by atoms with Crippen LogP contribution in [0.25, 0.3) is 0 Å². The highest BCUT2D eigenvalue weighted by Gasteiger charge is 2.69. The van der Waals surface area contributed by atoms with Gasteiger partial charge in [0.2, 0.25) is 5.91 Å². The summed E-state index contributed by atoms with van der Waals surface area (Å²) in [7, 11) is 1.37. The molecule has 0 unspecified atom stereocenters. The van der Waals surface area contributed by atoms with E-state index < -0.39 is 6.04 Å². The Morgan fingerprint density at radius 1 is 0.977 bits per heavy atom. The quantitative estimate of drug-likeness (QED) is 0.185. The minimum absolute atomic E-state index is 0.0708. The average molecular weight is 597 g/mol. The van der Waals surface area contributed by atoms with Crippen molar-refractivity contribution >= 4 is 17.7 Å². The maximum absolute atomic E-state index is 14.2. The van der Waals surface area contributed by atoms with Gasteiger partial charge in [0.05, 0.1) is 12.5 Å². The molecule has 6 heteroatoms. The van der Waals surface area contributed by atoms with E-state index in [-0.39, 0.29) is 50.3 Å². The molecule has 0 aromatic carbocycles. The van der Waals surface area contributed by atoms with Crippen LogP contribution in [0.4, 0.5) is 0 Å². The molecule has 3 N–H and O–H groups in total. The molecule has 0 aliphatic heterocycles. The van der Waals surface area contributed by atoms with E-state index >= 15 is 0 Å². The number of nitrogens with one attached hydrogen (secondary N) is 1. The fourth-order valence-electron chi connectivity index (χ4n) is 11.6. The highest BCUT2D eigenvalue weighted by Crippen LogP contribution is 2.75. The molecule has 0 saturated heterocycles. The number of amides is 1. The number of carbonyl (C=O) groups is 3. The molecule has 4 fully saturated rings. The summed E-state index contributed by atoms with van der Waals surface area (Å²) in [6.45, 7) is 17.5. The molecule has 0 bridgehead atoms. The van der Waals surface area contributed by atoms with Crippen molar-refractivity contribution in [1.82, 2.24) is 5.32 Å². The lowest BCUT2D eigenvalue weighted by atomic mass is 9.33. The molecule has 5 rings (SSSR count). The van der Waals surface area contributed by atoms with Gasteiger partial charge in [-0.05, 0) is 116 Å². The van der Waals surface area contributed by atoms with E-state index in [2.05, 4.69) is 59.9 Å². The fraction of sp³-hybridized carbons (Fsp3) is 0.865. The van der Waals surface area contributed by atoms with Crippen molar-refractivity contribution < 1.29 is 19.1 Å². The van der Waals surface area contributed by atoms with Crippen molar-refractivity contribution in [3.63, 3.8) is 0 Å². The number of carbonyl (C=O) groups excluding carboxylic acids is 3. The second-order valence-corrected chi connectivity index (χ2v) is 17.4. The number of nitrogens with two attached hydrogens (primary N) is 1. The fourth-order valence-corrected chi connectivity index (χ4v) is 11.6. The van der Waals surface area contributed by atoms with Crippen molar-refractivity contribution in [3.8, 4) is 0 Å². The summed E-state index contributed by atoms with van der Waals surface area (Å²) in [5.74, 6) is 1.61. The molecule has 242 valence electrons. The van der Waals surface area contributed by atoms with Crippen LogP contribution in [0.15, 0.2) is 11.6 Å². The van der Waals surface area contributed by atoms with E-state index in [0.29, 0.717) is 37.0 Å². The van der Waals surface area contributed by atoms with Crippen molar-refractivity contribution in [3.05, 3.63) is 11.6 Å². The number of ketones is 1. The van der Waals surface area contributed by atoms with Crippen LogP contribution in [0.3, 0.4) is 0 Å². The van der Waals surface area contributed by atoms with Gasteiger partial charge < -0.3 is 15.8 Å². The van der Waals surface area contributed by atoms with Gasteiger partial charge in [-0.2, -0.15) is 0 Å². The number of rotatable bonds is 7. The molecule has 0 aromatic rings. The first kappa shape index (κ1) is 32.7. The minimum Gasteiger partial charge on any atom is -0.468 e. The summed E-state index contributed by atoms with van der Waals surface area (Å²) in [5, 5.41) is 3.36. The summed E-state index contributed by atoms with van der Waals surface area (Å²) in [6, 6.07) is -0.596. The van der Waals surface area contributed by atoms with Crippen molar-refractivity contribution in [2.24, 2.45) is 56.0 Å². The van der Waals surface area contributed by atoms with Crippen LogP contribution < -0.4 is 11.1 Å². The van der Waals surface area contributed by atoms with Crippen LogP contribution in [0.1, 0.15) is 132 Å². The zero-order valence-electron chi connectivity index (χ0n) is 28.5. The Morgan fingerprint density at radius 2 is 1.67 bits per heavy atom. The van der Waals surface area contributed by atoms with Crippen molar-refractivity contribution in [2.45, 2.75) is 138 Å². The Morgan fingerprint density at radius 3 is 2.37 bits per heavy atom. The van der Waals surface area contributed by atoms with E-state index in [1.54, 1.807) is 5.57 Å². The van der Waals surface area contributed by atoms with Crippen molar-refractivity contribution in [1.29, 1.82) is 0 Å². The predicted octanol–water partition coefficient (Wildman–Crippen LogP) is 7.14. The summed E-state index contributed by atoms with van der Waals surface area (Å²) in [5.41, 5.74) is 7.54. The Kier molecular flexibility index (Phi) is 8.35. The number of hydrogen-bond acceptors (Lipinski definition) is 5.